The highest BCUT2D eigenvalue weighted by Crippen LogP contribution is 2.19. The largest absolute Gasteiger partial charge is 0.481 e. The predicted molar refractivity (Wildman–Crippen MR) is 89.6 cm³/mol. The van der Waals surface area contributed by atoms with E-state index in [9.17, 15) is 14.4 Å². The van der Waals surface area contributed by atoms with E-state index >= 15 is 0 Å². The topological polar surface area (TPSA) is 95.9 Å². The van der Waals surface area contributed by atoms with Gasteiger partial charge in [-0.25, -0.2) is 4.79 Å². The number of nitrogens with zero attached hydrogens (tertiary/aromatic N) is 1. The van der Waals surface area contributed by atoms with Gasteiger partial charge in [0.15, 0.2) is 0 Å². The molecule has 0 aliphatic carbocycles. The molecule has 1 unspecified atom stereocenters. The first-order chi connectivity index (χ1) is 11.2. The first-order valence-corrected chi connectivity index (χ1v) is 8.66. The molecule has 1 atom stereocenters. The summed E-state index contributed by atoms with van der Waals surface area (Å²) in [7, 11) is 0. The van der Waals surface area contributed by atoms with Gasteiger partial charge < -0.3 is 20.1 Å². The smallest absolute Gasteiger partial charge is 0.410 e. The Morgan fingerprint density at radius 3 is 2.54 bits per heavy atom. The number of piperidine rings is 1. The van der Waals surface area contributed by atoms with Crippen LogP contribution in [0.4, 0.5) is 4.79 Å². The van der Waals surface area contributed by atoms with Gasteiger partial charge >= 0.3 is 12.1 Å². The van der Waals surface area contributed by atoms with Crippen LogP contribution < -0.4 is 5.32 Å². The lowest BCUT2D eigenvalue weighted by Crippen LogP contribution is -2.47. The maximum atomic E-state index is 12.2. The van der Waals surface area contributed by atoms with E-state index < -0.39 is 11.6 Å². The summed E-state index contributed by atoms with van der Waals surface area (Å²) in [5.74, 6) is -1.03. The number of ether oxygens (including phenoxy) is 1. The molecule has 0 saturated carbocycles. The number of unbranched alkanes of at least 4 members (excludes halogenated alkanes) is 2. The van der Waals surface area contributed by atoms with Crippen molar-refractivity contribution < 1.29 is 24.2 Å². The summed E-state index contributed by atoms with van der Waals surface area (Å²) in [6.07, 6.45) is 3.53. The number of rotatable bonds is 7. The molecule has 24 heavy (non-hydrogen) atoms. The second-order valence-electron chi connectivity index (χ2n) is 7.26. The number of amides is 2. The van der Waals surface area contributed by atoms with Crippen LogP contribution >= 0.6 is 0 Å². The van der Waals surface area contributed by atoms with Gasteiger partial charge in [0.05, 0.1) is 5.92 Å². The molecule has 2 N–H and O–H groups in total. The molecule has 1 aliphatic heterocycles. The number of likely N-dealkylation sites (tertiary alicyclic amines) is 1. The minimum atomic E-state index is -0.788. The van der Waals surface area contributed by atoms with Crippen LogP contribution in [0.3, 0.4) is 0 Å². The fourth-order valence-electron chi connectivity index (χ4n) is 2.62. The molecule has 0 aromatic carbocycles. The van der Waals surface area contributed by atoms with Crippen LogP contribution in [0.2, 0.25) is 0 Å². The van der Waals surface area contributed by atoms with Crippen molar-refractivity contribution in [2.45, 2.75) is 64.9 Å². The minimum Gasteiger partial charge on any atom is -0.481 e. The highest BCUT2D eigenvalue weighted by Gasteiger charge is 2.30. The summed E-state index contributed by atoms with van der Waals surface area (Å²) in [5.41, 5.74) is -0.539. The molecule has 1 rings (SSSR count). The SMILES string of the molecule is CC(C)(C)OC(=O)N1CCCC(C(=O)NCCCCCC(=O)O)C1. The third-order valence-corrected chi connectivity index (χ3v) is 3.81. The van der Waals surface area contributed by atoms with E-state index in [0.29, 0.717) is 26.1 Å². The highest BCUT2D eigenvalue weighted by atomic mass is 16.6. The molecule has 0 spiro atoms. The summed E-state index contributed by atoms with van der Waals surface area (Å²) in [4.78, 5) is 36.3. The summed E-state index contributed by atoms with van der Waals surface area (Å²) in [5, 5.41) is 11.4. The molecule has 0 radical (unpaired) electrons. The van der Waals surface area contributed by atoms with Crippen molar-refractivity contribution in [2.24, 2.45) is 5.92 Å². The van der Waals surface area contributed by atoms with Gasteiger partial charge in [-0.1, -0.05) is 6.42 Å². The van der Waals surface area contributed by atoms with Gasteiger partial charge in [-0.05, 0) is 46.5 Å². The average molecular weight is 342 g/mol. The molecule has 1 fully saturated rings. The molecule has 138 valence electrons. The normalized spacial score (nSPS) is 18.1. The molecule has 1 heterocycles. The van der Waals surface area contributed by atoms with Crippen molar-refractivity contribution in [3.63, 3.8) is 0 Å². The van der Waals surface area contributed by atoms with Gasteiger partial charge in [-0.3, -0.25) is 9.59 Å². The van der Waals surface area contributed by atoms with Crippen molar-refractivity contribution in [3.05, 3.63) is 0 Å². The van der Waals surface area contributed by atoms with E-state index in [2.05, 4.69) is 5.32 Å². The second kappa shape index (κ2) is 9.49. The zero-order chi connectivity index (χ0) is 18.2. The van der Waals surface area contributed by atoms with Crippen LogP contribution in [0.25, 0.3) is 0 Å². The van der Waals surface area contributed by atoms with E-state index in [1.807, 2.05) is 20.8 Å². The van der Waals surface area contributed by atoms with Gasteiger partial charge in [0.25, 0.3) is 0 Å². The summed E-state index contributed by atoms with van der Waals surface area (Å²) < 4.78 is 5.36. The number of carbonyl (C=O) groups excluding carboxylic acids is 2. The molecule has 1 aliphatic rings. The first kappa shape index (κ1) is 20.3. The number of carbonyl (C=O) groups is 3. The van der Waals surface area contributed by atoms with Crippen molar-refractivity contribution in [3.8, 4) is 0 Å². The summed E-state index contributed by atoms with van der Waals surface area (Å²) >= 11 is 0. The quantitative estimate of drug-likeness (QED) is 0.693. The number of carboxylic acid groups (broad SMARTS) is 1. The predicted octanol–water partition coefficient (Wildman–Crippen LogP) is 2.39. The number of carboxylic acids is 1. The van der Waals surface area contributed by atoms with Crippen molar-refractivity contribution in [2.75, 3.05) is 19.6 Å². The lowest BCUT2D eigenvalue weighted by Gasteiger charge is -2.33. The van der Waals surface area contributed by atoms with E-state index in [4.69, 9.17) is 9.84 Å². The molecule has 2 amide bonds. The molecule has 7 heteroatoms. The van der Waals surface area contributed by atoms with E-state index in [1.165, 1.54) is 0 Å². The zero-order valence-electron chi connectivity index (χ0n) is 15.0. The van der Waals surface area contributed by atoms with E-state index in [-0.39, 0.29) is 24.3 Å². The molecule has 0 aromatic rings. The second-order valence-corrected chi connectivity index (χ2v) is 7.26. The summed E-state index contributed by atoms with van der Waals surface area (Å²) in [6.45, 7) is 7.02. The molecule has 1 saturated heterocycles. The maximum absolute atomic E-state index is 12.2. The Morgan fingerprint density at radius 1 is 1.21 bits per heavy atom. The molecule has 7 nitrogen and oxygen atoms in total. The number of nitrogens with one attached hydrogen (secondary N) is 1. The zero-order valence-corrected chi connectivity index (χ0v) is 15.0. The third kappa shape index (κ3) is 8.17. The number of hydrogen-bond acceptors (Lipinski definition) is 4. The van der Waals surface area contributed by atoms with E-state index in [1.54, 1.807) is 4.90 Å². The molecular formula is C17H30N2O5. The molecule has 0 bridgehead atoms. The number of hydrogen-bond donors (Lipinski definition) is 2. The third-order valence-electron chi connectivity index (χ3n) is 3.81. The lowest BCUT2D eigenvalue weighted by atomic mass is 9.97. The van der Waals surface area contributed by atoms with Crippen molar-refractivity contribution in [1.82, 2.24) is 10.2 Å². The van der Waals surface area contributed by atoms with Gasteiger partial charge in [0.2, 0.25) is 5.91 Å². The highest BCUT2D eigenvalue weighted by molar-refractivity contribution is 5.80. The fraction of sp³-hybridized carbons (Fsp3) is 0.824. The monoisotopic (exact) mass is 342 g/mol. The van der Waals surface area contributed by atoms with Crippen LogP contribution in [0.1, 0.15) is 59.3 Å². The average Bonchev–Trinajstić information content (AvgIpc) is 2.48. The maximum Gasteiger partial charge on any atom is 0.410 e. The Morgan fingerprint density at radius 2 is 1.92 bits per heavy atom. The Labute approximate surface area is 143 Å². The van der Waals surface area contributed by atoms with Crippen LogP contribution in [-0.4, -0.2) is 53.2 Å². The number of aliphatic carboxylic acids is 1. The standard InChI is InChI=1S/C17H30N2O5/c1-17(2,3)24-16(23)19-11-7-8-13(12-19)15(22)18-10-6-4-5-9-14(20)21/h13H,4-12H2,1-3H3,(H,18,22)(H,20,21). The van der Waals surface area contributed by atoms with Gasteiger partial charge in [-0.2, -0.15) is 0 Å². The van der Waals surface area contributed by atoms with Crippen LogP contribution in [0.15, 0.2) is 0 Å². The molecular weight excluding hydrogens is 312 g/mol. The van der Waals surface area contributed by atoms with E-state index in [0.717, 1.165) is 25.7 Å². The van der Waals surface area contributed by atoms with Crippen molar-refractivity contribution >= 4 is 18.0 Å². The van der Waals surface area contributed by atoms with Crippen LogP contribution in [0, 0.1) is 5.92 Å². The Kier molecular flexibility index (Phi) is 8.01. The van der Waals surface area contributed by atoms with Gasteiger partial charge in [0.1, 0.15) is 5.60 Å². The lowest BCUT2D eigenvalue weighted by molar-refractivity contribution is -0.137. The fourth-order valence-corrected chi connectivity index (χ4v) is 2.62. The van der Waals surface area contributed by atoms with Crippen LogP contribution in [0.5, 0.6) is 0 Å². The first-order valence-electron chi connectivity index (χ1n) is 8.66. The Hall–Kier alpha value is -1.79. The van der Waals surface area contributed by atoms with Crippen molar-refractivity contribution in [1.29, 1.82) is 0 Å². The minimum absolute atomic E-state index is 0.0403. The Balaban J connectivity index is 2.29. The Bertz CT molecular complexity index is 445. The molecule has 0 aromatic heterocycles. The summed E-state index contributed by atoms with van der Waals surface area (Å²) in [6, 6.07) is 0. The van der Waals surface area contributed by atoms with Crippen LogP contribution in [-0.2, 0) is 14.3 Å². The van der Waals surface area contributed by atoms with Gasteiger partial charge in [0, 0.05) is 26.1 Å². The van der Waals surface area contributed by atoms with Gasteiger partial charge in [-0.15, -0.1) is 0 Å².